The minimum Gasteiger partial charge on any atom is -0.469 e. The number of ether oxygens (including phenoxy) is 2. The normalized spacial score (nSPS) is 19.1. The Hall–Kier alpha value is -0.910. The largest absolute Gasteiger partial charge is 0.469 e. The fourth-order valence-corrected chi connectivity index (χ4v) is 2.96. The predicted octanol–water partition coefficient (Wildman–Crippen LogP) is 1.73. The van der Waals surface area contributed by atoms with E-state index in [0.29, 0.717) is 12.5 Å². The summed E-state index contributed by atoms with van der Waals surface area (Å²) in [5.41, 5.74) is 0. The van der Waals surface area contributed by atoms with Crippen molar-refractivity contribution in [1.82, 2.24) is 5.32 Å². The van der Waals surface area contributed by atoms with Crippen molar-refractivity contribution in [2.75, 3.05) is 20.3 Å². The maximum Gasteiger partial charge on any atom is 0.310 e. The number of nitrogens with one attached hydrogen (secondary N) is 1. The molecule has 2 rings (SSSR count). The summed E-state index contributed by atoms with van der Waals surface area (Å²) in [7, 11) is 1.42. The molecule has 1 unspecified atom stereocenters. The third kappa shape index (κ3) is 4.08. The number of rotatable bonds is 6. The number of hydrogen-bond acceptors (Lipinski definition) is 5. The van der Waals surface area contributed by atoms with Gasteiger partial charge in [-0.3, -0.25) is 4.79 Å². The fourth-order valence-electron chi connectivity index (χ4n) is 1.99. The molecule has 0 bridgehead atoms. The van der Waals surface area contributed by atoms with Crippen molar-refractivity contribution >= 4 is 17.3 Å². The van der Waals surface area contributed by atoms with Crippen molar-refractivity contribution in [2.45, 2.75) is 31.9 Å². The molecule has 0 radical (unpaired) electrons. The number of thiophene rings is 1. The molecular formula is C13H19NO3S. The zero-order valence-corrected chi connectivity index (χ0v) is 11.4. The Morgan fingerprint density at radius 2 is 2.39 bits per heavy atom. The summed E-state index contributed by atoms with van der Waals surface area (Å²) < 4.78 is 10.2. The van der Waals surface area contributed by atoms with Gasteiger partial charge in [0.25, 0.3) is 0 Å². The van der Waals surface area contributed by atoms with Crippen LogP contribution in [0.4, 0.5) is 0 Å². The molecule has 0 amide bonds. The van der Waals surface area contributed by atoms with Crippen molar-refractivity contribution in [1.29, 1.82) is 0 Å². The second kappa shape index (κ2) is 6.87. The van der Waals surface area contributed by atoms with Crippen molar-refractivity contribution in [3.63, 3.8) is 0 Å². The third-order valence-corrected chi connectivity index (χ3v) is 4.04. The zero-order valence-electron chi connectivity index (χ0n) is 10.6. The van der Waals surface area contributed by atoms with Crippen molar-refractivity contribution in [3.8, 4) is 0 Å². The van der Waals surface area contributed by atoms with Crippen molar-refractivity contribution in [3.05, 3.63) is 21.9 Å². The second-order valence-electron chi connectivity index (χ2n) is 4.39. The summed E-state index contributed by atoms with van der Waals surface area (Å²) in [6.45, 7) is 2.64. The summed E-state index contributed by atoms with van der Waals surface area (Å²) in [5, 5.41) is 3.39. The lowest BCUT2D eigenvalue weighted by Gasteiger charge is -2.09. The molecule has 0 aromatic carbocycles. The van der Waals surface area contributed by atoms with Gasteiger partial charge in [-0.15, -0.1) is 11.3 Å². The molecule has 100 valence electrons. The average molecular weight is 269 g/mol. The van der Waals surface area contributed by atoms with E-state index in [4.69, 9.17) is 4.74 Å². The molecule has 0 saturated carbocycles. The van der Waals surface area contributed by atoms with Crippen LogP contribution in [0.25, 0.3) is 0 Å². The van der Waals surface area contributed by atoms with E-state index >= 15 is 0 Å². The van der Waals surface area contributed by atoms with Crippen LogP contribution < -0.4 is 5.32 Å². The highest BCUT2D eigenvalue weighted by Gasteiger charge is 2.14. The number of methoxy groups -OCH3 is 1. The monoisotopic (exact) mass is 269 g/mol. The van der Waals surface area contributed by atoms with Gasteiger partial charge >= 0.3 is 5.97 Å². The Balaban J connectivity index is 1.70. The van der Waals surface area contributed by atoms with Crippen LogP contribution in [0.1, 0.15) is 22.6 Å². The van der Waals surface area contributed by atoms with Gasteiger partial charge in [-0.05, 0) is 25.0 Å². The van der Waals surface area contributed by atoms with E-state index in [2.05, 4.69) is 16.1 Å². The lowest BCUT2D eigenvalue weighted by atomic mass is 10.2. The van der Waals surface area contributed by atoms with Gasteiger partial charge in [-0.2, -0.15) is 0 Å². The average Bonchev–Trinajstić information content (AvgIpc) is 3.01. The van der Waals surface area contributed by atoms with Crippen LogP contribution in [0.5, 0.6) is 0 Å². The van der Waals surface area contributed by atoms with Gasteiger partial charge in [0.2, 0.25) is 0 Å². The number of carbonyl (C=O) groups excluding carboxylic acids is 1. The van der Waals surface area contributed by atoms with Gasteiger partial charge < -0.3 is 14.8 Å². The maximum atomic E-state index is 11.1. The highest BCUT2D eigenvalue weighted by Crippen LogP contribution is 2.17. The van der Waals surface area contributed by atoms with E-state index in [1.165, 1.54) is 18.4 Å². The SMILES string of the molecule is COC(=O)Cc1ccc(CNCC2CCCO2)s1. The molecule has 1 saturated heterocycles. The Morgan fingerprint density at radius 1 is 1.56 bits per heavy atom. The van der Waals surface area contributed by atoms with E-state index in [-0.39, 0.29) is 5.97 Å². The van der Waals surface area contributed by atoms with Gasteiger partial charge in [-0.1, -0.05) is 0 Å². The lowest BCUT2D eigenvalue weighted by Crippen LogP contribution is -2.25. The number of hydrogen-bond donors (Lipinski definition) is 1. The minimum atomic E-state index is -0.185. The van der Waals surface area contributed by atoms with Gasteiger partial charge in [-0.25, -0.2) is 0 Å². The molecule has 4 nitrogen and oxygen atoms in total. The zero-order chi connectivity index (χ0) is 12.8. The molecule has 1 aromatic rings. The van der Waals surface area contributed by atoms with Crippen LogP contribution in [0.3, 0.4) is 0 Å². The quantitative estimate of drug-likeness (QED) is 0.799. The molecule has 5 heteroatoms. The van der Waals surface area contributed by atoms with E-state index < -0.39 is 0 Å². The Bertz CT molecular complexity index is 385. The van der Waals surface area contributed by atoms with E-state index in [1.807, 2.05) is 6.07 Å². The molecule has 0 spiro atoms. The van der Waals surface area contributed by atoms with Gasteiger partial charge in [0, 0.05) is 29.5 Å². The van der Waals surface area contributed by atoms with Crippen LogP contribution in [0, 0.1) is 0 Å². The van der Waals surface area contributed by atoms with Gasteiger partial charge in [0.05, 0.1) is 19.6 Å². The van der Waals surface area contributed by atoms with Crippen LogP contribution >= 0.6 is 11.3 Å². The molecule has 1 N–H and O–H groups in total. The first kappa shape index (κ1) is 13.5. The molecule has 0 aliphatic carbocycles. The van der Waals surface area contributed by atoms with Gasteiger partial charge in [0.1, 0.15) is 0 Å². The maximum absolute atomic E-state index is 11.1. The minimum absolute atomic E-state index is 0.185. The summed E-state index contributed by atoms with van der Waals surface area (Å²) in [4.78, 5) is 13.4. The standard InChI is InChI=1S/C13H19NO3S/c1-16-13(15)7-11-4-5-12(18-11)9-14-8-10-3-2-6-17-10/h4-5,10,14H,2-3,6-9H2,1H3. The molecule has 1 atom stereocenters. The lowest BCUT2D eigenvalue weighted by molar-refractivity contribution is -0.139. The molecule has 2 heterocycles. The van der Waals surface area contributed by atoms with Crippen LogP contribution in [0.2, 0.25) is 0 Å². The topological polar surface area (TPSA) is 47.6 Å². The van der Waals surface area contributed by atoms with Gasteiger partial charge in [0.15, 0.2) is 0 Å². The molecule has 1 aliphatic heterocycles. The molecule has 1 fully saturated rings. The smallest absolute Gasteiger partial charge is 0.310 e. The first-order valence-electron chi connectivity index (χ1n) is 6.24. The summed E-state index contributed by atoms with van der Waals surface area (Å²) >= 11 is 1.65. The van der Waals surface area contributed by atoms with E-state index in [9.17, 15) is 4.79 Å². The Labute approximate surface area is 111 Å². The van der Waals surface area contributed by atoms with Crippen molar-refractivity contribution in [2.24, 2.45) is 0 Å². The molecule has 1 aromatic heterocycles. The number of carbonyl (C=O) groups is 1. The first-order chi connectivity index (χ1) is 8.78. The molecule has 1 aliphatic rings. The van der Waals surface area contributed by atoms with Crippen LogP contribution in [-0.4, -0.2) is 32.3 Å². The summed E-state index contributed by atoms with van der Waals surface area (Å²) in [6, 6.07) is 4.05. The molecule has 18 heavy (non-hydrogen) atoms. The highest BCUT2D eigenvalue weighted by atomic mass is 32.1. The summed E-state index contributed by atoms with van der Waals surface area (Å²) in [5.74, 6) is -0.185. The van der Waals surface area contributed by atoms with Crippen molar-refractivity contribution < 1.29 is 14.3 Å². The Kier molecular flexibility index (Phi) is 5.16. The van der Waals surface area contributed by atoms with Crippen LogP contribution in [0.15, 0.2) is 12.1 Å². The first-order valence-corrected chi connectivity index (χ1v) is 7.06. The fraction of sp³-hybridized carbons (Fsp3) is 0.615. The van der Waals surface area contributed by atoms with E-state index in [0.717, 1.165) is 31.0 Å². The van der Waals surface area contributed by atoms with Crippen LogP contribution in [-0.2, 0) is 27.2 Å². The highest BCUT2D eigenvalue weighted by molar-refractivity contribution is 7.12. The predicted molar refractivity (Wildman–Crippen MR) is 70.7 cm³/mol. The molecular weight excluding hydrogens is 250 g/mol. The second-order valence-corrected chi connectivity index (χ2v) is 5.64. The third-order valence-electron chi connectivity index (χ3n) is 2.96. The number of esters is 1. The summed E-state index contributed by atoms with van der Waals surface area (Å²) in [6.07, 6.45) is 3.08. The van der Waals surface area contributed by atoms with E-state index in [1.54, 1.807) is 11.3 Å². The Morgan fingerprint density at radius 3 is 3.11 bits per heavy atom.